The van der Waals surface area contributed by atoms with Crippen LogP contribution in [-0.4, -0.2) is 0 Å². The third-order valence-electron chi connectivity index (χ3n) is 5.67. The monoisotopic (exact) mass is 292 g/mol. The van der Waals surface area contributed by atoms with Gasteiger partial charge < -0.3 is 0 Å². The minimum absolute atomic E-state index is 0.189. The molecule has 0 N–H and O–H groups in total. The molecule has 0 radical (unpaired) electrons. The Bertz CT molecular complexity index is 452. The summed E-state index contributed by atoms with van der Waals surface area (Å²) >= 11 is 6.79. The lowest BCUT2D eigenvalue weighted by atomic mass is 9.86. The van der Waals surface area contributed by atoms with Crippen LogP contribution in [0.5, 0.6) is 0 Å². The lowest BCUT2D eigenvalue weighted by molar-refractivity contribution is 0.479. The number of rotatable bonds is 4. The Labute approximate surface area is 129 Å². The van der Waals surface area contributed by atoms with E-state index in [9.17, 15) is 0 Å². The van der Waals surface area contributed by atoms with Crippen LogP contribution in [0.3, 0.4) is 0 Å². The number of alkyl halides is 1. The van der Waals surface area contributed by atoms with E-state index in [0.29, 0.717) is 0 Å². The first-order chi connectivity index (χ1) is 9.43. The van der Waals surface area contributed by atoms with Crippen molar-refractivity contribution in [1.82, 2.24) is 0 Å². The van der Waals surface area contributed by atoms with E-state index in [2.05, 4.69) is 34.6 Å². The first-order valence-corrected chi connectivity index (χ1v) is 8.58. The Morgan fingerprint density at radius 1 is 0.850 bits per heavy atom. The molecule has 1 atom stereocenters. The molecule has 1 aromatic carbocycles. The van der Waals surface area contributed by atoms with Crippen LogP contribution in [0.4, 0.5) is 0 Å². The van der Waals surface area contributed by atoms with Gasteiger partial charge in [-0.2, -0.15) is 0 Å². The number of benzene rings is 1. The third-order valence-corrected chi connectivity index (χ3v) is 6.11. The first kappa shape index (κ1) is 15.9. The molecule has 112 valence electrons. The second kappa shape index (κ2) is 6.52. The van der Waals surface area contributed by atoms with E-state index in [1.807, 2.05) is 0 Å². The molecule has 0 aliphatic heterocycles. The molecular formula is C19H29Cl. The van der Waals surface area contributed by atoms with E-state index in [4.69, 9.17) is 11.6 Å². The highest BCUT2D eigenvalue weighted by Crippen LogP contribution is 2.38. The van der Waals surface area contributed by atoms with Gasteiger partial charge in [0.25, 0.3) is 0 Å². The van der Waals surface area contributed by atoms with Gasteiger partial charge in [0.2, 0.25) is 0 Å². The van der Waals surface area contributed by atoms with Gasteiger partial charge >= 0.3 is 0 Å². The van der Waals surface area contributed by atoms with Crippen LogP contribution < -0.4 is 0 Å². The van der Waals surface area contributed by atoms with Crippen molar-refractivity contribution in [3.05, 3.63) is 33.4 Å². The SMILES string of the molecule is Cc1c(C)c(C)c(C(Cl)CCC2CCCC2)c(C)c1C. The van der Waals surface area contributed by atoms with Crippen molar-refractivity contribution >= 4 is 11.6 Å². The van der Waals surface area contributed by atoms with Crippen LogP contribution in [-0.2, 0) is 0 Å². The summed E-state index contributed by atoms with van der Waals surface area (Å²) in [6, 6.07) is 0. The van der Waals surface area contributed by atoms with Gasteiger partial charge in [0.05, 0.1) is 5.38 Å². The molecule has 0 heterocycles. The molecule has 2 rings (SSSR count). The van der Waals surface area contributed by atoms with E-state index in [0.717, 1.165) is 12.3 Å². The maximum absolute atomic E-state index is 6.79. The second-order valence-electron chi connectivity index (χ2n) is 6.73. The number of hydrogen-bond acceptors (Lipinski definition) is 0. The summed E-state index contributed by atoms with van der Waals surface area (Å²) in [5.41, 5.74) is 8.52. The van der Waals surface area contributed by atoms with Crippen molar-refractivity contribution in [2.45, 2.75) is 78.5 Å². The molecular weight excluding hydrogens is 264 g/mol. The van der Waals surface area contributed by atoms with Crippen LogP contribution in [0.1, 0.15) is 77.3 Å². The zero-order chi connectivity index (χ0) is 14.9. The standard InChI is InChI=1S/C19H29Cl/c1-12-13(2)15(4)19(16(5)14(12)3)18(20)11-10-17-8-6-7-9-17/h17-18H,6-11H2,1-5H3. The van der Waals surface area contributed by atoms with Gasteiger partial charge in [-0.1, -0.05) is 25.7 Å². The molecule has 1 fully saturated rings. The highest BCUT2D eigenvalue weighted by atomic mass is 35.5. The van der Waals surface area contributed by atoms with Crippen molar-refractivity contribution in [1.29, 1.82) is 0 Å². The van der Waals surface area contributed by atoms with Crippen LogP contribution >= 0.6 is 11.6 Å². The molecule has 1 saturated carbocycles. The fourth-order valence-corrected chi connectivity index (χ4v) is 4.28. The van der Waals surface area contributed by atoms with Gasteiger partial charge in [-0.25, -0.2) is 0 Å². The van der Waals surface area contributed by atoms with Crippen molar-refractivity contribution < 1.29 is 0 Å². The van der Waals surface area contributed by atoms with Crippen molar-refractivity contribution in [2.24, 2.45) is 5.92 Å². The van der Waals surface area contributed by atoms with E-state index in [1.54, 1.807) is 0 Å². The molecule has 1 aliphatic carbocycles. The van der Waals surface area contributed by atoms with Gasteiger partial charge in [0.1, 0.15) is 0 Å². The minimum Gasteiger partial charge on any atom is -0.118 e. The van der Waals surface area contributed by atoms with Crippen molar-refractivity contribution in [3.8, 4) is 0 Å². The quantitative estimate of drug-likeness (QED) is 0.557. The van der Waals surface area contributed by atoms with Crippen LogP contribution in [0.15, 0.2) is 0 Å². The fraction of sp³-hybridized carbons (Fsp3) is 0.684. The number of hydrogen-bond donors (Lipinski definition) is 0. The highest BCUT2D eigenvalue weighted by molar-refractivity contribution is 6.21. The van der Waals surface area contributed by atoms with E-state index >= 15 is 0 Å². The zero-order valence-corrected chi connectivity index (χ0v) is 14.5. The molecule has 0 nitrogen and oxygen atoms in total. The van der Waals surface area contributed by atoms with Gasteiger partial charge in [-0.15, -0.1) is 11.6 Å². The Kier molecular flexibility index (Phi) is 5.18. The lowest BCUT2D eigenvalue weighted by Gasteiger charge is -2.23. The average molecular weight is 293 g/mol. The zero-order valence-electron chi connectivity index (χ0n) is 13.8. The normalized spacial score (nSPS) is 17.7. The van der Waals surface area contributed by atoms with Gasteiger partial charge in [0.15, 0.2) is 0 Å². The first-order valence-electron chi connectivity index (χ1n) is 8.14. The summed E-state index contributed by atoms with van der Waals surface area (Å²) in [7, 11) is 0. The molecule has 1 aliphatic rings. The molecule has 0 saturated heterocycles. The molecule has 0 aromatic heterocycles. The Balaban J connectivity index is 2.18. The summed E-state index contributed by atoms with van der Waals surface area (Å²) in [5, 5.41) is 0.189. The molecule has 20 heavy (non-hydrogen) atoms. The van der Waals surface area contributed by atoms with Gasteiger partial charge in [-0.3, -0.25) is 0 Å². The lowest BCUT2D eigenvalue weighted by Crippen LogP contribution is -2.06. The van der Waals surface area contributed by atoms with Crippen LogP contribution in [0, 0.1) is 40.5 Å². The average Bonchev–Trinajstić information content (AvgIpc) is 2.94. The van der Waals surface area contributed by atoms with Crippen molar-refractivity contribution in [2.75, 3.05) is 0 Å². The summed E-state index contributed by atoms with van der Waals surface area (Å²) < 4.78 is 0. The molecule has 1 heteroatoms. The minimum atomic E-state index is 0.189. The molecule has 1 aromatic rings. The van der Waals surface area contributed by atoms with Gasteiger partial charge in [-0.05, 0) is 86.8 Å². The Morgan fingerprint density at radius 2 is 1.30 bits per heavy atom. The third kappa shape index (κ3) is 3.06. The van der Waals surface area contributed by atoms with E-state index in [-0.39, 0.29) is 5.38 Å². The largest absolute Gasteiger partial charge is 0.118 e. The van der Waals surface area contributed by atoms with Crippen LogP contribution in [0.2, 0.25) is 0 Å². The maximum atomic E-state index is 6.79. The molecule has 1 unspecified atom stereocenters. The van der Waals surface area contributed by atoms with Gasteiger partial charge in [0, 0.05) is 0 Å². The highest BCUT2D eigenvalue weighted by Gasteiger charge is 2.21. The maximum Gasteiger partial charge on any atom is 0.0590 e. The van der Waals surface area contributed by atoms with E-state index < -0.39 is 0 Å². The molecule has 0 amide bonds. The topological polar surface area (TPSA) is 0 Å². The number of halogens is 1. The van der Waals surface area contributed by atoms with Crippen molar-refractivity contribution in [3.63, 3.8) is 0 Å². The second-order valence-corrected chi connectivity index (χ2v) is 7.26. The Morgan fingerprint density at radius 3 is 1.80 bits per heavy atom. The summed E-state index contributed by atoms with van der Waals surface area (Å²) in [6.07, 6.45) is 8.15. The van der Waals surface area contributed by atoms with Crippen LogP contribution in [0.25, 0.3) is 0 Å². The predicted molar refractivity (Wildman–Crippen MR) is 89.9 cm³/mol. The molecule has 0 spiro atoms. The Hall–Kier alpha value is -0.490. The summed E-state index contributed by atoms with van der Waals surface area (Å²) in [5.74, 6) is 0.935. The predicted octanol–water partition coefficient (Wildman–Crippen LogP) is 6.48. The summed E-state index contributed by atoms with van der Waals surface area (Å²) in [4.78, 5) is 0. The molecule has 0 bridgehead atoms. The van der Waals surface area contributed by atoms with E-state index in [1.165, 1.54) is 65.5 Å². The summed E-state index contributed by atoms with van der Waals surface area (Å²) in [6.45, 7) is 11.2. The smallest absolute Gasteiger partial charge is 0.0590 e. The fourth-order valence-electron chi connectivity index (χ4n) is 3.82.